The Morgan fingerprint density at radius 1 is 1.56 bits per heavy atom. The molecule has 1 aromatic heterocycles. The van der Waals surface area contributed by atoms with Gasteiger partial charge in [0.25, 0.3) is 5.90 Å². The molecule has 1 aromatic rings. The third-order valence-electron chi connectivity index (χ3n) is 2.06. The maximum absolute atomic E-state index is 11.3. The van der Waals surface area contributed by atoms with Crippen molar-refractivity contribution in [2.75, 3.05) is 6.61 Å². The number of amides is 2. The van der Waals surface area contributed by atoms with Crippen LogP contribution in [0.25, 0.3) is 0 Å². The summed E-state index contributed by atoms with van der Waals surface area (Å²) in [5.74, 6) is 0.658. The van der Waals surface area contributed by atoms with Gasteiger partial charge in [0, 0.05) is 6.07 Å². The second kappa shape index (κ2) is 5.85. The summed E-state index contributed by atoms with van der Waals surface area (Å²) in [6, 6.07) is 0.691. The highest BCUT2D eigenvalue weighted by atomic mass is 16.5. The molecule has 0 bridgehead atoms. The molecule has 0 aliphatic carbocycles. The lowest BCUT2D eigenvalue weighted by Crippen LogP contribution is -2.26. The summed E-state index contributed by atoms with van der Waals surface area (Å²) in [6.45, 7) is 5.17. The molecule has 1 heterocycles. The number of carbonyl (C=O) groups excluding carboxylic acids is 2. The first-order chi connectivity index (χ1) is 8.45. The van der Waals surface area contributed by atoms with Crippen LogP contribution in [-0.2, 0) is 4.74 Å². The lowest BCUT2D eigenvalue weighted by molar-refractivity contribution is 0.101. The number of aryl methyl sites for hydroxylation is 1. The smallest absolute Gasteiger partial charge is 0.332 e. The molecule has 0 atom stereocenters. The summed E-state index contributed by atoms with van der Waals surface area (Å²) >= 11 is 0. The van der Waals surface area contributed by atoms with Gasteiger partial charge in [-0.3, -0.25) is 4.79 Å². The van der Waals surface area contributed by atoms with Crippen molar-refractivity contribution in [3.63, 3.8) is 0 Å². The standard InChI is InChI=1S/C11H15N3O4/c1-4-17-10(13-14-11(12)16)9-5-8(6(2)15)7(3)18-9/h5H,4H2,1-3H3,(H3,12,14,16). The van der Waals surface area contributed by atoms with Crippen molar-refractivity contribution in [3.05, 3.63) is 23.2 Å². The Bertz CT molecular complexity index is 490. The number of urea groups is 1. The molecule has 0 spiro atoms. The van der Waals surface area contributed by atoms with E-state index >= 15 is 0 Å². The first-order valence-electron chi connectivity index (χ1n) is 5.33. The monoisotopic (exact) mass is 253 g/mol. The number of hydrogen-bond donors (Lipinski definition) is 2. The van der Waals surface area contributed by atoms with Gasteiger partial charge in [0.15, 0.2) is 11.5 Å². The van der Waals surface area contributed by atoms with Gasteiger partial charge in [-0.05, 0) is 20.8 Å². The zero-order valence-corrected chi connectivity index (χ0v) is 10.4. The van der Waals surface area contributed by atoms with Crippen molar-refractivity contribution in [1.29, 1.82) is 0 Å². The van der Waals surface area contributed by atoms with Gasteiger partial charge >= 0.3 is 6.03 Å². The largest absolute Gasteiger partial charge is 0.474 e. The van der Waals surface area contributed by atoms with Gasteiger partial charge in [0.05, 0.1) is 12.2 Å². The lowest BCUT2D eigenvalue weighted by Gasteiger charge is -2.03. The van der Waals surface area contributed by atoms with Crippen LogP contribution in [0.3, 0.4) is 0 Å². The minimum absolute atomic E-state index is 0.0619. The van der Waals surface area contributed by atoms with Crippen molar-refractivity contribution in [2.45, 2.75) is 20.8 Å². The minimum Gasteiger partial charge on any atom is -0.474 e. The molecule has 18 heavy (non-hydrogen) atoms. The Kier molecular flexibility index (Phi) is 4.47. The van der Waals surface area contributed by atoms with E-state index in [1.165, 1.54) is 13.0 Å². The molecule has 0 aromatic carbocycles. The molecule has 0 aliphatic rings. The first kappa shape index (κ1) is 13.8. The molecule has 0 unspecified atom stereocenters. The molecule has 7 nitrogen and oxygen atoms in total. The van der Waals surface area contributed by atoms with E-state index in [1.54, 1.807) is 13.8 Å². The predicted molar refractivity (Wildman–Crippen MR) is 64.3 cm³/mol. The molecule has 0 saturated heterocycles. The Balaban J connectivity index is 3.06. The van der Waals surface area contributed by atoms with Crippen molar-refractivity contribution >= 4 is 17.7 Å². The van der Waals surface area contributed by atoms with Crippen molar-refractivity contribution in [2.24, 2.45) is 10.8 Å². The molecule has 0 radical (unpaired) electrons. The van der Waals surface area contributed by atoms with Crippen LogP contribution in [0, 0.1) is 6.92 Å². The van der Waals surface area contributed by atoms with Crippen LogP contribution >= 0.6 is 0 Å². The molecule has 3 N–H and O–H groups in total. The van der Waals surface area contributed by atoms with Crippen LogP contribution in [0.4, 0.5) is 4.79 Å². The van der Waals surface area contributed by atoms with Crippen molar-refractivity contribution < 1.29 is 18.7 Å². The normalized spacial score (nSPS) is 11.2. The number of nitrogens with two attached hydrogens (primary N) is 1. The summed E-state index contributed by atoms with van der Waals surface area (Å²) in [5.41, 5.74) is 7.39. The second-order valence-corrected chi connectivity index (χ2v) is 3.46. The lowest BCUT2D eigenvalue weighted by atomic mass is 10.2. The molecule has 98 valence electrons. The average molecular weight is 253 g/mol. The van der Waals surface area contributed by atoms with Gasteiger partial charge in [0.2, 0.25) is 0 Å². The van der Waals surface area contributed by atoms with Crippen molar-refractivity contribution in [1.82, 2.24) is 5.43 Å². The number of ketones is 1. The van der Waals surface area contributed by atoms with Crippen LogP contribution in [0.5, 0.6) is 0 Å². The minimum atomic E-state index is -0.817. The summed E-state index contributed by atoms with van der Waals surface area (Å²) in [7, 11) is 0. The van der Waals surface area contributed by atoms with E-state index in [-0.39, 0.29) is 17.4 Å². The molecular weight excluding hydrogens is 238 g/mol. The number of hydrogen-bond acceptors (Lipinski definition) is 5. The maximum atomic E-state index is 11.3. The third-order valence-corrected chi connectivity index (χ3v) is 2.06. The van der Waals surface area contributed by atoms with Crippen LogP contribution in [0.1, 0.15) is 35.7 Å². The highest BCUT2D eigenvalue weighted by molar-refractivity contribution is 5.99. The van der Waals surface area contributed by atoms with Gasteiger partial charge < -0.3 is 14.9 Å². The van der Waals surface area contributed by atoms with Crippen LogP contribution in [-0.4, -0.2) is 24.3 Å². The molecule has 1 rings (SSSR count). The zero-order valence-electron chi connectivity index (χ0n) is 10.4. The number of rotatable bonds is 4. The fourth-order valence-electron chi connectivity index (χ4n) is 1.34. The average Bonchev–Trinajstić information content (AvgIpc) is 2.66. The van der Waals surface area contributed by atoms with Gasteiger partial charge in [-0.25, -0.2) is 10.2 Å². The van der Waals surface area contributed by atoms with Crippen molar-refractivity contribution in [3.8, 4) is 0 Å². The van der Waals surface area contributed by atoms with Gasteiger partial charge in [0.1, 0.15) is 5.76 Å². The second-order valence-electron chi connectivity index (χ2n) is 3.46. The number of nitrogens with zero attached hydrogens (tertiary/aromatic N) is 1. The molecule has 0 aliphatic heterocycles. The van der Waals surface area contributed by atoms with Gasteiger partial charge in [-0.1, -0.05) is 0 Å². The molecule has 2 amide bonds. The van der Waals surface area contributed by atoms with E-state index < -0.39 is 6.03 Å². The number of carbonyl (C=O) groups is 2. The number of nitrogens with one attached hydrogen (secondary N) is 1. The Labute approximate surface area is 104 Å². The highest BCUT2D eigenvalue weighted by Gasteiger charge is 2.16. The molecular formula is C11H15N3O4. The Morgan fingerprint density at radius 3 is 2.67 bits per heavy atom. The van der Waals surface area contributed by atoms with Crippen LogP contribution in [0.15, 0.2) is 15.6 Å². The number of furan rings is 1. The van der Waals surface area contributed by atoms with E-state index in [0.29, 0.717) is 17.9 Å². The van der Waals surface area contributed by atoms with E-state index in [4.69, 9.17) is 14.9 Å². The maximum Gasteiger partial charge on any atom is 0.332 e. The fraction of sp³-hybridized carbons (Fsp3) is 0.364. The summed E-state index contributed by atoms with van der Waals surface area (Å²) in [4.78, 5) is 21.9. The molecule has 7 heteroatoms. The van der Waals surface area contributed by atoms with E-state index in [9.17, 15) is 9.59 Å². The Morgan fingerprint density at radius 2 is 2.22 bits per heavy atom. The number of ether oxygens (including phenoxy) is 1. The number of primary amides is 1. The summed E-state index contributed by atoms with van der Waals surface area (Å²) in [5, 5.41) is 3.66. The molecule has 0 saturated carbocycles. The zero-order chi connectivity index (χ0) is 13.7. The quantitative estimate of drug-likeness (QED) is 0.363. The fourth-order valence-corrected chi connectivity index (χ4v) is 1.34. The van der Waals surface area contributed by atoms with E-state index in [2.05, 4.69) is 5.10 Å². The van der Waals surface area contributed by atoms with Crippen LogP contribution < -0.4 is 11.2 Å². The van der Waals surface area contributed by atoms with Crippen LogP contribution in [0.2, 0.25) is 0 Å². The number of hydrazone groups is 1. The highest BCUT2D eigenvalue weighted by Crippen LogP contribution is 2.16. The predicted octanol–water partition coefficient (Wildman–Crippen LogP) is 1.16. The topological polar surface area (TPSA) is 107 Å². The van der Waals surface area contributed by atoms with Gasteiger partial charge in [-0.2, -0.15) is 0 Å². The third kappa shape index (κ3) is 3.34. The molecule has 0 fully saturated rings. The van der Waals surface area contributed by atoms with E-state index in [1.807, 2.05) is 5.43 Å². The summed E-state index contributed by atoms with van der Waals surface area (Å²) < 4.78 is 10.6. The van der Waals surface area contributed by atoms with Gasteiger partial charge in [-0.15, -0.1) is 5.10 Å². The Hall–Kier alpha value is -2.31. The van der Waals surface area contributed by atoms with E-state index in [0.717, 1.165) is 0 Å². The first-order valence-corrected chi connectivity index (χ1v) is 5.33. The SMILES string of the molecule is CCOC(=NNC(N)=O)c1cc(C(C)=O)c(C)o1. The number of Topliss-reactive ketones (excluding diaryl/α,β-unsaturated/α-hetero) is 1. The summed E-state index contributed by atoms with van der Waals surface area (Å²) in [6.07, 6.45) is 0.